The molecular weight excluding hydrogens is 318 g/mol. The lowest BCUT2D eigenvalue weighted by Gasteiger charge is -2.10. The minimum absolute atomic E-state index is 0.00681. The third-order valence-corrected chi connectivity index (χ3v) is 3.80. The number of halogens is 2. The summed E-state index contributed by atoms with van der Waals surface area (Å²) in [7, 11) is 1.46. The lowest BCUT2D eigenvalue weighted by molar-refractivity contribution is -0.114. The Morgan fingerprint density at radius 1 is 1.44 bits per heavy atom. The van der Waals surface area contributed by atoms with Crippen molar-refractivity contribution < 1.29 is 13.2 Å². The first-order valence-electron chi connectivity index (χ1n) is 4.24. The number of carbonyl (C=O) groups is 1. The average Bonchev–Trinajstić information content (AvgIpc) is 2.09. The standard InChI is InChI=1S/C9H9BrClNO3S/c1-5-3-7(16(11,14)15)4-8(10)9(5)12-6(2)13/h3-4H,1-2H3,(H,12,13). The second kappa shape index (κ2) is 4.73. The van der Waals surface area contributed by atoms with Crippen LogP contribution in [-0.4, -0.2) is 14.3 Å². The van der Waals surface area contributed by atoms with Crippen molar-refractivity contribution in [3.8, 4) is 0 Å². The maximum atomic E-state index is 11.1. The van der Waals surface area contributed by atoms with Gasteiger partial charge in [0.15, 0.2) is 0 Å². The highest BCUT2D eigenvalue weighted by Gasteiger charge is 2.15. The van der Waals surface area contributed by atoms with Crippen LogP contribution in [0.15, 0.2) is 21.5 Å². The number of hydrogen-bond acceptors (Lipinski definition) is 3. The fourth-order valence-corrected chi connectivity index (χ4v) is 2.84. The van der Waals surface area contributed by atoms with Gasteiger partial charge in [-0.05, 0) is 40.5 Å². The Balaban J connectivity index is 3.34. The van der Waals surface area contributed by atoms with Gasteiger partial charge in [0.05, 0.1) is 10.6 Å². The SMILES string of the molecule is CC(=O)Nc1c(C)cc(S(=O)(=O)Cl)cc1Br. The molecule has 0 aliphatic rings. The van der Waals surface area contributed by atoms with E-state index >= 15 is 0 Å². The van der Waals surface area contributed by atoms with Crippen LogP contribution in [0.3, 0.4) is 0 Å². The number of amides is 1. The Labute approximate surface area is 107 Å². The lowest BCUT2D eigenvalue weighted by Crippen LogP contribution is -2.08. The summed E-state index contributed by atoms with van der Waals surface area (Å²) in [5.41, 5.74) is 1.15. The van der Waals surface area contributed by atoms with Crippen molar-refractivity contribution in [3.63, 3.8) is 0 Å². The van der Waals surface area contributed by atoms with Gasteiger partial charge in [-0.15, -0.1) is 0 Å². The number of hydrogen-bond donors (Lipinski definition) is 1. The van der Waals surface area contributed by atoms with Gasteiger partial charge in [-0.25, -0.2) is 8.42 Å². The molecule has 0 saturated carbocycles. The van der Waals surface area contributed by atoms with Crippen molar-refractivity contribution in [1.29, 1.82) is 0 Å². The van der Waals surface area contributed by atoms with Crippen LogP contribution in [0, 0.1) is 6.92 Å². The van der Waals surface area contributed by atoms with Crippen LogP contribution < -0.4 is 5.32 Å². The molecule has 4 nitrogen and oxygen atoms in total. The number of nitrogens with one attached hydrogen (secondary N) is 1. The minimum atomic E-state index is -3.76. The van der Waals surface area contributed by atoms with Gasteiger partial charge in [0.1, 0.15) is 0 Å². The number of benzene rings is 1. The molecule has 0 aliphatic carbocycles. The largest absolute Gasteiger partial charge is 0.325 e. The molecule has 1 aromatic carbocycles. The molecular formula is C9H9BrClNO3S. The van der Waals surface area contributed by atoms with E-state index in [4.69, 9.17) is 10.7 Å². The topological polar surface area (TPSA) is 63.2 Å². The quantitative estimate of drug-likeness (QED) is 0.850. The van der Waals surface area contributed by atoms with Crippen molar-refractivity contribution in [1.82, 2.24) is 0 Å². The Bertz CT molecular complexity index is 519. The lowest BCUT2D eigenvalue weighted by atomic mass is 10.2. The maximum Gasteiger partial charge on any atom is 0.261 e. The second-order valence-corrected chi connectivity index (χ2v) is 6.64. The van der Waals surface area contributed by atoms with Crippen LogP contribution in [0.5, 0.6) is 0 Å². The highest BCUT2D eigenvalue weighted by Crippen LogP contribution is 2.30. The van der Waals surface area contributed by atoms with Gasteiger partial charge in [0, 0.05) is 22.1 Å². The molecule has 0 saturated heterocycles. The fourth-order valence-electron chi connectivity index (χ4n) is 1.19. The van der Waals surface area contributed by atoms with Crippen molar-refractivity contribution in [3.05, 3.63) is 22.2 Å². The molecule has 7 heteroatoms. The molecule has 0 bridgehead atoms. The third-order valence-electron chi connectivity index (χ3n) is 1.84. The number of anilines is 1. The third kappa shape index (κ3) is 3.20. The summed E-state index contributed by atoms with van der Waals surface area (Å²) in [6.45, 7) is 3.06. The van der Waals surface area contributed by atoms with Crippen molar-refractivity contribution in [2.45, 2.75) is 18.7 Å². The van der Waals surface area contributed by atoms with Gasteiger partial charge in [-0.3, -0.25) is 4.79 Å². The molecule has 16 heavy (non-hydrogen) atoms. The first kappa shape index (κ1) is 13.5. The van der Waals surface area contributed by atoms with E-state index in [1.54, 1.807) is 6.92 Å². The van der Waals surface area contributed by atoms with E-state index in [0.717, 1.165) is 0 Å². The predicted molar refractivity (Wildman–Crippen MR) is 66.2 cm³/mol. The zero-order chi connectivity index (χ0) is 12.5. The Kier molecular flexibility index (Phi) is 3.98. The van der Waals surface area contributed by atoms with E-state index in [0.29, 0.717) is 15.7 Å². The summed E-state index contributed by atoms with van der Waals surface area (Å²) in [6.07, 6.45) is 0. The zero-order valence-corrected chi connectivity index (χ0v) is 11.7. The highest BCUT2D eigenvalue weighted by molar-refractivity contribution is 9.10. The van der Waals surface area contributed by atoms with Crippen LogP contribution in [0.1, 0.15) is 12.5 Å². The van der Waals surface area contributed by atoms with Gasteiger partial charge in [-0.1, -0.05) is 0 Å². The Morgan fingerprint density at radius 2 is 2.00 bits per heavy atom. The monoisotopic (exact) mass is 325 g/mol. The van der Waals surface area contributed by atoms with Crippen LogP contribution in [-0.2, 0) is 13.8 Å². The highest BCUT2D eigenvalue weighted by atomic mass is 79.9. The van der Waals surface area contributed by atoms with Crippen LogP contribution in [0.4, 0.5) is 5.69 Å². The number of rotatable bonds is 2. The minimum Gasteiger partial charge on any atom is -0.325 e. The predicted octanol–water partition coefficient (Wildman–Crippen LogP) is 2.64. The molecule has 0 fully saturated rings. The molecule has 88 valence electrons. The van der Waals surface area contributed by atoms with Gasteiger partial charge >= 0.3 is 0 Å². The summed E-state index contributed by atoms with van der Waals surface area (Å²) in [6, 6.07) is 2.75. The van der Waals surface area contributed by atoms with E-state index in [2.05, 4.69) is 21.2 Å². The fraction of sp³-hybridized carbons (Fsp3) is 0.222. The first-order chi connectivity index (χ1) is 7.21. The summed E-state index contributed by atoms with van der Waals surface area (Å²) in [5.74, 6) is -0.231. The molecule has 0 radical (unpaired) electrons. The van der Waals surface area contributed by atoms with Crippen LogP contribution in [0.2, 0.25) is 0 Å². The maximum absolute atomic E-state index is 11.1. The molecule has 0 unspecified atom stereocenters. The average molecular weight is 327 g/mol. The van der Waals surface area contributed by atoms with Gasteiger partial charge < -0.3 is 5.32 Å². The Morgan fingerprint density at radius 3 is 2.38 bits per heavy atom. The molecule has 1 rings (SSSR count). The van der Waals surface area contributed by atoms with E-state index < -0.39 is 9.05 Å². The summed E-state index contributed by atoms with van der Waals surface area (Å²) in [5, 5.41) is 2.60. The summed E-state index contributed by atoms with van der Waals surface area (Å²) >= 11 is 3.18. The molecule has 1 amide bonds. The molecule has 1 N–H and O–H groups in total. The van der Waals surface area contributed by atoms with Crippen molar-refractivity contribution in [2.24, 2.45) is 0 Å². The van der Waals surface area contributed by atoms with E-state index in [-0.39, 0.29) is 10.8 Å². The first-order valence-corrected chi connectivity index (χ1v) is 7.34. The second-order valence-electron chi connectivity index (χ2n) is 3.22. The van der Waals surface area contributed by atoms with E-state index in [1.165, 1.54) is 19.1 Å². The number of aryl methyl sites for hydroxylation is 1. The van der Waals surface area contributed by atoms with Gasteiger partial charge in [0.25, 0.3) is 9.05 Å². The summed E-state index contributed by atoms with van der Waals surface area (Å²) < 4.78 is 22.7. The van der Waals surface area contributed by atoms with Gasteiger partial charge in [0.2, 0.25) is 5.91 Å². The Hall–Kier alpha value is -0.590. The molecule has 1 aromatic rings. The van der Waals surface area contributed by atoms with E-state index in [9.17, 15) is 13.2 Å². The van der Waals surface area contributed by atoms with E-state index in [1.807, 2.05) is 0 Å². The number of carbonyl (C=O) groups excluding carboxylic acids is 1. The molecule has 0 spiro atoms. The molecule has 0 atom stereocenters. The van der Waals surface area contributed by atoms with Crippen molar-refractivity contribution >= 4 is 47.3 Å². The zero-order valence-electron chi connectivity index (χ0n) is 8.54. The normalized spacial score (nSPS) is 11.2. The van der Waals surface area contributed by atoms with Crippen LogP contribution in [0.25, 0.3) is 0 Å². The van der Waals surface area contributed by atoms with Crippen molar-refractivity contribution in [2.75, 3.05) is 5.32 Å². The van der Waals surface area contributed by atoms with Crippen LogP contribution >= 0.6 is 26.6 Å². The smallest absolute Gasteiger partial charge is 0.261 e. The molecule has 0 aromatic heterocycles. The molecule has 0 aliphatic heterocycles. The van der Waals surface area contributed by atoms with Gasteiger partial charge in [-0.2, -0.15) is 0 Å². The summed E-state index contributed by atoms with van der Waals surface area (Å²) in [4.78, 5) is 10.9. The molecule has 0 heterocycles.